The molecular formula is C18H23BrN4OS. The largest absolute Gasteiger partial charge is 0.352 e. The van der Waals surface area contributed by atoms with E-state index in [0.29, 0.717) is 11.4 Å². The van der Waals surface area contributed by atoms with Gasteiger partial charge in [0.2, 0.25) is 0 Å². The van der Waals surface area contributed by atoms with Crippen molar-refractivity contribution in [3.8, 4) is 0 Å². The minimum Gasteiger partial charge on any atom is -0.264 e. The summed E-state index contributed by atoms with van der Waals surface area (Å²) in [6, 6.07) is 9.57. The molecule has 0 radical (unpaired) electrons. The third-order valence-electron chi connectivity index (χ3n) is 3.98. The number of thioether (sulfide) groups is 1. The average molecular weight is 423 g/mol. The van der Waals surface area contributed by atoms with Gasteiger partial charge >= 0.3 is 6.03 Å². The zero-order valence-corrected chi connectivity index (χ0v) is 17.2. The Labute approximate surface area is 161 Å². The van der Waals surface area contributed by atoms with Gasteiger partial charge in [-0.05, 0) is 61.2 Å². The van der Waals surface area contributed by atoms with Crippen LogP contribution in [0, 0.1) is 20.8 Å². The minimum absolute atomic E-state index is 0.465. The van der Waals surface area contributed by atoms with Crippen molar-refractivity contribution in [3.05, 3.63) is 57.1 Å². The summed E-state index contributed by atoms with van der Waals surface area (Å²) in [7, 11) is 1.47. The number of rotatable bonds is 4. The van der Waals surface area contributed by atoms with Crippen LogP contribution < -0.4 is 16.7 Å². The zero-order chi connectivity index (χ0) is 18.7. The van der Waals surface area contributed by atoms with Gasteiger partial charge in [-0.3, -0.25) is 5.01 Å². The summed E-state index contributed by atoms with van der Waals surface area (Å²) in [4.78, 5) is 13.3. The highest BCUT2D eigenvalue weighted by Crippen LogP contribution is 2.34. The van der Waals surface area contributed by atoms with Crippen molar-refractivity contribution in [2.75, 3.05) is 12.1 Å². The highest BCUT2D eigenvalue weighted by Gasteiger charge is 2.19. The fraction of sp³-hybridized carbons (Fsp3) is 0.278. The number of aryl methyl sites for hydroxylation is 3. The Hall–Kier alpha value is -1.54. The van der Waals surface area contributed by atoms with Crippen LogP contribution in [0.1, 0.15) is 22.3 Å². The van der Waals surface area contributed by atoms with Gasteiger partial charge in [-0.15, -0.1) is 11.8 Å². The van der Waals surface area contributed by atoms with Crippen LogP contribution >= 0.6 is 27.7 Å². The first kappa shape index (κ1) is 19.8. The molecule has 25 heavy (non-hydrogen) atoms. The van der Waals surface area contributed by atoms with E-state index < -0.39 is 6.03 Å². The highest BCUT2D eigenvalue weighted by molar-refractivity contribution is 9.10. The number of nitrogens with two attached hydrogens (primary N) is 2. The van der Waals surface area contributed by atoms with Gasteiger partial charge in [0.25, 0.3) is 0 Å². The summed E-state index contributed by atoms with van der Waals surface area (Å²) < 4.78 is 1.11. The molecule has 0 heterocycles. The van der Waals surface area contributed by atoms with Gasteiger partial charge in [0.05, 0.1) is 5.69 Å². The standard InChI is InChI=1S/C18H23BrN4OS/c1-11-6-5-7-16(23(21)18(24)22(4)20)14(11)10-25-17-9-12(2)15(19)8-13(17)3/h5-9H,10,20-21H2,1-4H3. The van der Waals surface area contributed by atoms with E-state index in [0.717, 1.165) is 25.6 Å². The van der Waals surface area contributed by atoms with Crippen molar-refractivity contribution >= 4 is 39.4 Å². The van der Waals surface area contributed by atoms with E-state index in [1.54, 1.807) is 11.8 Å². The van der Waals surface area contributed by atoms with Gasteiger partial charge in [-0.2, -0.15) is 0 Å². The first-order chi connectivity index (χ1) is 11.7. The van der Waals surface area contributed by atoms with E-state index in [2.05, 4.69) is 41.9 Å². The fourth-order valence-electron chi connectivity index (χ4n) is 2.43. The molecule has 0 aliphatic carbocycles. The van der Waals surface area contributed by atoms with Crippen molar-refractivity contribution < 1.29 is 4.79 Å². The number of hydrogen-bond acceptors (Lipinski definition) is 4. The second kappa shape index (κ2) is 8.23. The smallest absolute Gasteiger partial charge is 0.264 e. The Morgan fingerprint density at radius 3 is 2.44 bits per heavy atom. The third kappa shape index (κ3) is 4.55. The quantitative estimate of drug-likeness (QED) is 0.333. The summed E-state index contributed by atoms with van der Waals surface area (Å²) in [5.74, 6) is 12.2. The summed E-state index contributed by atoms with van der Waals surface area (Å²) in [6.45, 7) is 6.18. The minimum atomic E-state index is -0.465. The van der Waals surface area contributed by atoms with E-state index in [-0.39, 0.29) is 0 Å². The number of urea groups is 1. The molecule has 2 aromatic rings. The normalized spacial score (nSPS) is 10.7. The molecule has 0 fully saturated rings. The second-order valence-corrected chi connectivity index (χ2v) is 7.86. The summed E-state index contributed by atoms with van der Waals surface area (Å²) in [5.41, 5.74) is 5.17. The molecule has 2 rings (SSSR count). The Morgan fingerprint density at radius 2 is 1.80 bits per heavy atom. The fourth-order valence-corrected chi connectivity index (χ4v) is 4.11. The lowest BCUT2D eigenvalue weighted by Crippen LogP contribution is -2.49. The topological polar surface area (TPSA) is 75.6 Å². The van der Waals surface area contributed by atoms with Crippen molar-refractivity contribution in [3.63, 3.8) is 0 Å². The number of amides is 2. The average Bonchev–Trinajstić information content (AvgIpc) is 2.56. The van der Waals surface area contributed by atoms with Crippen LogP contribution in [-0.2, 0) is 5.75 Å². The number of carbonyl (C=O) groups is 1. The predicted octanol–water partition coefficient (Wildman–Crippen LogP) is 4.27. The molecule has 134 valence electrons. The molecule has 0 aliphatic heterocycles. The summed E-state index contributed by atoms with van der Waals surface area (Å²) in [5, 5.41) is 2.07. The lowest BCUT2D eigenvalue weighted by molar-refractivity contribution is 0.216. The number of nitrogens with zero attached hydrogens (tertiary/aromatic N) is 2. The van der Waals surface area contributed by atoms with Crippen LogP contribution in [0.5, 0.6) is 0 Å². The van der Waals surface area contributed by atoms with E-state index in [9.17, 15) is 4.79 Å². The molecule has 2 amide bonds. The van der Waals surface area contributed by atoms with E-state index >= 15 is 0 Å². The van der Waals surface area contributed by atoms with Crippen molar-refractivity contribution in [2.24, 2.45) is 11.7 Å². The Morgan fingerprint density at radius 1 is 1.12 bits per heavy atom. The van der Waals surface area contributed by atoms with E-state index in [4.69, 9.17) is 11.7 Å². The summed E-state index contributed by atoms with van der Waals surface area (Å²) >= 11 is 5.29. The van der Waals surface area contributed by atoms with Gasteiger partial charge in [0, 0.05) is 22.2 Å². The molecule has 4 N–H and O–H groups in total. The van der Waals surface area contributed by atoms with Crippen LogP contribution in [0.3, 0.4) is 0 Å². The lowest BCUT2D eigenvalue weighted by atomic mass is 10.1. The molecule has 0 spiro atoms. The predicted molar refractivity (Wildman–Crippen MR) is 108 cm³/mol. The zero-order valence-electron chi connectivity index (χ0n) is 14.8. The van der Waals surface area contributed by atoms with Gasteiger partial charge in [0.1, 0.15) is 0 Å². The molecule has 0 aliphatic rings. The first-order valence-corrected chi connectivity index (χ1v) is 9.55. The summed E-state index contributed by atoms with van der Waals surface area (Å²) in [6.07, 6.45) is 0. The van der Waals surface area contributed by atoms with Gasteiger partial charge in [0.15, 0.2) is 0 Å². The van der Waals surface area contributed by atoms with Gasteiger partial charge in [-0.25, -0.2) is 21.5 Å². The number of halogens is 1. The van der Waals surface area contributed by atoms with Gasteiger partial charge < -0.3 is 0 Å². The van der Waals surface area contributed by atoms with Crippen LogP contribution in [0.25, 0.3) is 0 Å². The third-order valence-corrected chi connectivity index (χ3v) is 6.02. The molecular weight excluding hydrogens is 400 g/mol. The SMILES string of the molecule is Cc1cc(SCc2c(C)cccc2N(N)C(=O)N(C)N)c(C)cc1Br. The number of hydrogen-bond donors (Lipinski definition) is 2. The lowest BCUT2D eigenvalue weighted by Gasteiger charge is -2.24. The van der Waals surface area contributed by atoms with Crippen molar-refractivity contribution in [2.45, 2.75) is 31.4 Å². The number of anilines is 1. The van der Waals surface area contributed by atoms with Crippen LogP contribution in [0.15, 0.2) is 39.7 Å². The second-order valence-electron chi connectivity index (χ2n) is 5.99. The maximum atomic E-state index is 12.1. The Kier molecular flexibility index (Phi) is 6.51. The Balaban J connectivity index is 2.31. The van der Waals surface area contributed by atoms with Crippen LogP contribution in [-0.4, -0.2) is 18.1 Å². The molecule has 2 aromatic carbocycles. The number of hydrazine groups is 2. The van der Waals surface area contributed by atoms with Crippen molar-refractivity contribution in [1.29, 1.82) is 0 Å². The monoisotopic (exact) mass is 422 g/mol. The molecule has 0 saturated heterocycles. The molecule has 5 nitrogen and oxygen atoms in total. The molecule has 0 saturated carbocycles. The molecule has 0 unspecified atom stereocenters. The number of carbonyl (C=O) groups excluding carboxylic acids is 1. The van der Waals surface area contributed by atoms with Crippen LogP contribution in [0.4, 0.5) is 10.5 Å². The van der Waals surface area contributed by atoms with E-state index in [1.165, 1.54) is 23.1 Å². The van der Waals surface area contributed by atoms with E-state index in [1.807, 2.05) is 25.1 Å². The number of benzene rings is 2. The molecule has 0 atom stereocenters. The van der Waals surface area contributed by atoms with Crippen molar-refractivity contribution in [1.82, 2.24) is 5.01 Å². The first-order valence-electron chi connectivity index (χ1n) is 7.77. The van der Waals surface area contributed by atoms with Crippen LogP contribution in [0.2, 0.25) is 0 Å². The molecule has 7 heteroatoms. The molecule has 0 aromatic heterocycles. The maximum Gasteiger partial charge on any atom is 0.352 e. The van der Waals surface area contributed by atoms with Gasteiger partial charge in [-0.1, -0.05) is 28.1 Å². The maximum absolute atomic E-state index is 12.1. The highest BCUT2D eigenvalue weighted by atomic mass is 79.9. The Bertz CT molecular complexity index is 795. The molecule has 0 bridgehead atoms.